The highest BCUT2D eigenvalue weighted by molar-refractivity contribution is 5.76. The number of amides is 1. The molecule has 0 aliphatic rings. The second-order valence-corrected chi connectivity index (χ2v) is 28.1. The zero-order chi connectivity index (χ0) is 62.8. The Labute approximate surface area is 546 Å². The van der Waals surface area contributed by atoms with Gasteiger partial charge in [0.2, 0.25) is 5.91 Å². The molecule has 2 unspecified atom stereocenters. The van der Waals surface area contributed by atoms with Gasteiger partial charge in [0.25, 0.3) is 0 Å². The topological polar surface area (TPSA) is 95.9 Å². The summed E-state index contributed by atoms with van der Waals surface area (Å²) in [5.74, 6) is -0.00879. The highest BCUT2D eigenvalue weighted by Crippen LogP contribution is 2.21. The van der Waals surface area contributed by atoms with Crippen molar-refractivity contribution in [2.24, 2.45) is 0 Å². The molecule has 0 rings (SSSR count). The van der Waals surface area contributed by atoms with E-state index in [9.17, 15) is 19.8 Å². The third-order valence-corrected chi connectivity index (χ3v) is 19.3. The number of esters is 1. The van der Waals surface area contributed by atoms with E-state index in [-0.39, 0.29) is 18.5 Å². The molecule has 87 heavy (non-hydrogen) atoms. The van der Waals surface area contributed by atoms with Crippen LogP contribution >= 0.6 is 0 Å². The summed E-state index contributed by atoms with van der Waals surface area (Å²) >= 11 is 0. The van der Waals surface area contributed by atoms with Crippen LogP contribution in [-0.4, -0.2) is 47.4 Å². The first-order chi connectivity index (χ1) is 43.0. The lowest BCUT2D eigenvalue weighted by Crippen LogP contribution is -2.45. The summed E-state index contributed by atoms with van der Waals surface area (Å²) in [6.07, 6.45) is 97.4. The fraction of sp³-hybridized carbons (Fsp3) is 0.951. The van der Waals surface area contributed by atoms with Gasteiger partial charge in [-0.15, -0.1) is 0 Å². The molecule has 0 spiro atoms. The zero-order valence-electron chi connectivity index (χ0n) is 59.5. The lowest BCUT2D eigenvalue weighted by Gasteiger charge is -2.22. The molecule has 0 radical (unpaired) electrons. The number of allylic oxidation sites excluding steroid dienone is 2. The second-order valence-electron chi connectivity index (χ2n) is 28.1. The van der Waals surface area contributed by atoms with Crippen molar-refractivity contribution in [3.8, 4) is 0 Å². The summed E-state index contributed by atoms with van der Waals surface area (Å²) in [4.78, 5) is 24.7. The highest BCUT2D eigenvalue weighted by Gasteiger charge is 2.20. The summed E-state index contributed by atoms with van der Waals surface area (Å²) in [5.41, 5.74) is 0. The normalized spacial score (nSPS) is 12.5. The van der Waals surface area contributed by atoms with Gasteiger partial charge in [-0.05, 0) is 51.4 Å². The molecule has 0 aromatic heterocycles. The quantitative estimate of drug-likeness (QED) is 0.0320. The Kier molecular flexibility index (Phi) is 75.8. The maximum absolute atomic E-state index is 12.6. The van der Waals surface area contributed by atoms with Crippen LogP contribution in [0.4, 0.5) is 0 Å². The SMILES string of the molecule is CCCCCCCCC/C=C\CCCCCCCC(=O)OCCCCCCCCCCCCCCCCCCCCCCCCCCCCCCCCCCCC(=O)NC(CO)C(O)CCCCCCCCCCCCCCCCCCCCCCC. The van der Waals surface area contributed by atoms with Crippen molar-refractivity contribution in [3.05, 3.63) is 12.2 Å². The van der Waals surface area contributed by atoms with Crippen LogP contribution in [-0.2, 0) is 14.3 Å². The largest absolute Gasteiger partial charge is 0.466 e. The van der Waals surface area contributed by atoms with Crippen molar-refractivity contribution in [1.29, 1.82) is 0 Å². The molecule has 0 aliphatic carbocycles. The van der Waals surface area contributed by atoms with Crippen LogP contribution < -0.4 is 5.32 Å². The summed E-state index contributed by atoms with van der Waals surface area (Å²) < 4.78 is 5.50. The summed E-state index contributed by atoms with van der Waals surface area (Å²) in [6.45, 7) is 5.01. The lowest BCUT2D eigenvalue weighted by atomic mass is 10.0. The number of carbonyl (C=O) groups is 2. The van der Waals surface area contributed by atoms with Gasteiger partial charge in [-0.2, -0.15) is 0 Å². The molecule has 6 nitrogen and oxygen atoms in total. The van der Waals surface area contributed by atoms with Gasteiger partial charge in [0.05, 0.1) is 25.4 Å². The highest BCUT2D eigenvalue weighted by atomic mass is 16.5. The van der Waals surface area contributed by atoms with Crippen LogP contribution in [0, 0.1) is 0 Å². The van der Waals surface area contributed by atoms with E-state index in [0.29, 0.717) is 25.9 Å². The van der Waals surface area contributed by atoms with Crippen LogP contribution in [0.15, 0.2) is 12.2 Å². The Balaban J connectivity index is 3.31. The molecular formula is C81H159NO5. The minimum Gasteiger partial charge on any atom is -0.466 e. The summed E-state index contributed by atoms with van der Waals surface area (Å²) in [7, 11) is 0. The number of unbranched alkanes of at least 4 members (excludes halogenated alkanes) is 64. The first-order valence-corrected chi connectivity index (χ1v) is 40.4. The number of hydrogen-bond acceptors (Lipinski definition) is 5. The van der Waals surface area contributed by atoms with Crippen molar-refractivity contribution in [3.63, 3.8) is 0 Å². The van der Waals surface area contributed by atoms with Crippen LogP contribution in [0.25, 0.3) is 0 Å². The maximum Gasteiger partial charge on any atom is 0.305 e. The van der Waals surface area contributed by atoms with Crippen LogP contribution in [0.2, 0.25) is 0 Å². The van der Waals surface area contributed by atoms with E-state index >= 15 is 0 Å². The molecule has 518 valence electrons. The van der Waals surface area contributed by atoms with Gasteiger partial charge in [0.15, 0.2) is 0 Å². The van der Waals surface area contributed by atoms with Gasteiger partial charge >= 0.3 is 5.97 Å². The van der Waals surface area contributed by atoms with Crippen molar-refractivity contribution >= 4 is 11.9 Å². The molecule has 3 N–H and O–H groups in total. The fourth-order valence-electron chi connectivity index (χ4n) is 13.2. The smallest absolute Gasteiger partial charge is 0.305 e. The number of ether oxygens (including phenoxy) is 1. The lowest BCUT2D eigenvalue weighted by molar-refractivity contribution is -0.143. The van der Waals surface area contributed by atoms with Gasteiger partial charge in [0, 0.05) is 12.8 Å². The maximum atomic E-state index is 12.6. The van der Waals surface area contributed by atoms with Crippen LogP contribution in [0.1, 0.15) is 470 Å². The molecular weight excluding hydrogens is 1070 g/mol. The molecule has 0 heterocycles. The average Bonchev–Trinajstić information content (AvgIpc) is 3.55. The Morgan fingerprint density at radius 3 is 0.816 bits per heavy atom. The molecule has 0 fully saturated rings. The third-order valence-electron chi connectivity index (χ3n) is 19.3. The van der Waals surface area contributed by atoms with E-state index in [0.717, 1.165) is 44.9 Å². The van der Waals surface area contributed by atoms with Crippen molar-refractivity contribution in [2.45, 2.75) is 482 Å². The number of hydrogen-bond donors (Lipinski definition) is 3. The number of rotatable bonds is 77. The number of aliphatic hydroxyl groups excluding tert-OH is 2. The van der Waals surface area contributed by atoms with Crippen molar-refractivity contribution in [1.82, 2.24) is 5.32 Å². The second kappa shape index (κ2) is 77.1. The fourth-order valence-corrected chi connectivity index (χ4v) is 13.2. The molecule has 0 saturated heterocycles. The number of nitrogens with one attached hydrogen (secondary N) is 1. The number of aliphatic hydroxyl groups is 2. The first-order valence-electron chi connectivity index (χ1n) is 40.4. The van der Waals surface area contributed by atoms with E-state index in [1.807, 2.05) is 0 Å². The van der Waals surface area contributed by atoms with Gasteiger partial charge in [-0.1, -0.05) is 418 Å². The van der Waals surface area contributed by atoms with Crippen LogP contribution in [0.5, 0.6) is 0 Å². The molecule has 1 amide bonds. The van der Waals surface area contributed by atoms with E-state index in [1.165, 1.54) is 392 Å². The predicted octanol–water partition coefficient (Wildman–Crippen LogP) is 26.7. The third kappa shape index (κ3) is 73.5. The molecule has 6 heteroatoms. The van der Waals surface area contributed by atoms with Gasteiger partial charge < -0.3 is 20.3 Å². The predicted molar refractivity (Wildman–Crippen MR) is 384 cm³/mol. The molecule has 0 saturated carbocycles. The molecule has 0 aromatic carbocycles. The van der Waals surface area contributed by atoms with Gasteiger partial charge in [-0.25, -0.2) is 0 Å². The molecule has 0 aliphatic heterocycles. The standard InChI is InChI=1S/C81H159NO5/c1-3-5-7-9-11-13-15-17-19-21-22-36-39-42-45-49-53-57-61-65-69-73-79(84)78(77-83)82-80(85)74-70-66-62-58-54-50-46-43-40-37-34-32-30-28-26-24-23-25-27-29-31-33-35-38-41-44-48-52-56-60-64-68-72-76-87-81(86)75-71-67-63-59-55-51-47-20-18-16-14-12-10-8-6-4-2/h20,47,78-79,83-84H,3-19,21-46,48-77H2,1-2H3,(H,82,85)/b47-20-. The van der Waals surface area contributed by atoms with Gasteiger partial charge in [0.1, 0.15) is 0 Å². The van der Waals surface area contributed by atoms with Crippen molar-refractivity contribution in [2.75, 3.05) is 13.2 Å². The van der Waals surface area contributed by atoms with E-state index in [2.05, 4.69) is 31.3 Å². The molecule has 0 bridgehead atoms. The minimum atomic E-state index is -0.661. The summed E-state index contributed by atoms with van der Waals surface area (Å²) in [5, 5.41) is 23.5. The van der Waals surface area contributed by atoms with E-state index < -0.39 is 12.1 Å². The van der Waals surface area contributed by atoms with Crippen molar-refractivity contribution < 1.29 is 24.5 Å². The molecule has 2 atom stereocenters. The summed E-state index contributed by atoms with van der Waals surface area (Å²) in [6, 6.07) is -0.538. The Hall–Kier alpha value is -1.40. The molecule has 0 aromatic rings. The number of carbonyl (C=O) groups excluding carboxylic acids is 2. The van der Waals surface area contributed by atoms with Gasteiger partial charge in [-0.3, -0.25) is 9.59 Å². The van der Waals surface area contributed by atoms with Crippen LogP contribution in [0.3, 0.4) is 0 Å². The Morgan fingerprint density at radius 1 is 0.310 bits per heavy atom. The Bertz CT molecular complexity index is 1320. The monoisotopic (exact) mass is 1230 g/mol. The van der Waals surface area contributed by atoms with E-state index in [1.54, 1.807) is 0 Å². The first kappa shape index (κ1) is 85.6. The zero-order valence-corrected chi connectivity index (χ0v) is 59.5. The van der Waals surface area contributed by atoms with E-state index in [4.69, 9.17) is 4.74 Å². The Morgan fingerprint density at radius 2 is 0.540 bits per heavy atom. The minimum absolute atomic E-state index is 0.0156. The average molecular weight is 1230 g/mol.